The highest BCUT2D eigenvalue weighted by Crippen LogP contribution is 2.15. The average molecular weight is 228 g/mol. The number of amides is 1. The van der Waals surface area contributed by atoms with Gasteiger partial charge in [-0.25, -0.2) is 4.98 Å². The molecule has 0 saturated carbocycles. The van der Waals surface area contributed by atoms with Gasteiger partial charge in [0.1, 0.15) is 5.82 Å². The molecule has 2 aromatic rings. The molecule has 3 N–H and O–H groups in total. The minimum atomic E-state index is -0.273. The van der Waals surface area contributed by atoms with E-state index in [9.17, 15) is 4.79 Å². The van der Waals surface area contributed by atoms with Gasteiger partial charge < -0.3 is 11.1 Å². The Kier molecular flexibility index (Phi) is 3.00. The van der Waals surface area contributed by atoms with Gasteiger partial charge >= 0.3 is 0 Å². The Morgan fingerprint density at radius 2 is 2.18 bits per heavy atom. The van der Waals surface area contributed by atoms with Gasteiger partial charge in [-0.3, -0.25) is 9.78 Å². The Morgan fingerprint density at radius 1 is 1.35 bits per heavy atom. The van der Waals surface area contributed by atoms with Crippen LogP contribution in [0.3, 0.4) is 0 Å². The summed E-state index contributed by atoms with van der Waals surface area (Å²) in [5.41, 5.74) is 7.60. The van der Waals surface area contributed by atoms with Crippen LogP contribution in [0, 0.1) is 6.92 Å². The van der Waals surface area contributed by atoms with E-state index in [1.54, 1.807) is 36.8 Å². The third-order valence-corrected chi connectivity index (χ3v) is 2.35. The summed E-state index contributed by atoms with van der Waals surface area (Å²) in [4.78, 5) is 19.8. The lowest BCUT2D eigenvalue weighted by Crippen LogP contribution is -2.15. The van der Waals surface area contributed by atoms with Crippen molar-refractivity contribution in [1.82, 2.24) is 9.97 Å². The second kappa shape index (κ2) is 4.61. The summed E-state index contributed by atoms with van der Waals surface area (Å²) in [5, 5.41) is 2.77. The zero-order valence-corrected chi connectivity index (χ0v) is 9.34. The Hall–Kier alpha value is -2.43. The van der Waals surface area contributed by atoms with E-state index in [-0.39, 0.29) is 11.7 Å². The molecule has 5 nitrogen and oxygen atoms in total. The molecule has 0 atom stereocenters. The lowest BCUT2D eigenvalue weighted by molar-refractivity contribution is 0.102. The highest BCUT2D eigenvalue weighted by atomic mass is 16.1. The number of hydrogen-bond donors (Lipinski definition) is 2. The van der Waals surface area contributed by atoms with E-state index in [1.165, 1.54) is 0 Å². The number of aromatic nitrogens is 2. The monoisotopic (exact) mass is 228 g/mol. The van der Waals surface area contributed by atoms with Crippen LogP contribution in [0.5, 0.6) is 0 Å². The number of rotatable bonds is 2. The highest BCUT2D eigenvalue weighted by molar-refractivity contribution is 6.07. The van der Waals surface area contributed by atoms with Crippen LogP contribution in [0.2, 0.25) is 0 Å². The lowest BCUT2D eigenvalue weighted by atomic mass is 10.2. The standard InChI is InChI=1S/C12H12N4O/c1-8-7-14-6-4-10(8)16-12(17)9-3-2-5-15-11(9)13/h2-7H,1H3,(H2,13,15)(H,14,16,17). The molecule has 5 heteroatoms. The van der Waals surface area contributed by atoms with Crippen molar-refractivity contribution in [3.05, 3.63) is 47.9 Å². The van der Waals surface area contributed by atoms with E-state index in [0.717, 1.165) is 5.56 Å². The number of anilines is 2. The third kappa shape index (κ3) is 2.39. The number of carbonyl (C=O) groups excluding carboxylic acids is 1. The number of aryl methyl sites for hydroxylation is 1. The summed E-state index contributed by atoms with van der Waals surface area (Å²) < 4.78 is 0. The number of hydrogen-bond acceptors (Lipinski definition) is 4. The van der Waals surface area contributed by atoms with Gasteiger partial charge in [0.25, 0.3) is 5.91 Å². The molecule has 0 radical (unpaired) electrons. The Morgan fingerprint density at radius 3 is 2.88 bits per heavy atom. The number of pyridine rings is 2. The van der Waals surface area contributed by atoms with Gasteiger partial charge in [0, 0.05) is 24.3 Å². The SMILES string of the molecule is Cc1cnccc1NC(=O)c1cccnc1N. The van der Waals surface area contributed by atoms with E-state index in [2.05, 4.69) is 15.3 Å². The first-order valence-electron chi connectivity index (χ1n) is 5.11. The predicted octanol–water partition coefficient (Wildman–Crippen LogP) is 1.62. The molecule has 0 unspecified atom stereocenters. The summed E-state index contributed by atoms with van der Waals surface area (Å²) in [6.45, 7) is 1.87. The second-order valence-electron chi connectivity index (χ2n) is 3.58. The Bertz CT molecular complexity index is 554. The molecular weight excluding hydrogens is 216 g/mol. The maximum Gasteiger partial charge on any atom is 0.259 e. The molecule has 0 saturated heterocycles. The van der Waals surface area contributed by atoms with E-state index < -0.39 is 0 Å². The average Bonchev–Trinajstić information content (AvgIpc) is 2.32. The smallest absolute Gasteiger partial charge is 0.259 e. The van der Waals surface area contributed by atoms with Crippen LogP contribution < -0.4 is 11.1 Å². The van der Waals surface area contributed by atoms with Gasteiger partial charge in [0.05, 0.1) is 5.56 Å². The molecule has 2 aromatic heterocycles. The molecule has 0 spiro atoms. The third-order valence-electron chi connectivity index (χ3n) is 2.35. The van der Waals surface area contributed by atoms with Gasteiger partial charge in [-0.1, -0.05) is 0 Å². The summed E-state index contributed by atoms with van der Waals surface area (Å²) in [5.74, 6) is -0.0541. The number of carbonyl (C=O) groups is 1. The van der Waals surface area contributed by atoms with Gasteiger partial charge in [-0.15, -0.1) is 0 Å². The molecule has 2 rings (SSSR count). The summed E-state index contributed by atoms with van der Waals surface area (Å²) in [7, 11) is 0. The molecule has 1 amide bonds. The van der Waals surface area contributed by atoms with E-state index in [1.807, 2.05) is 6.92 Å². The van der Waals surface area contributed by atoms with Crippen LogP contribution in [-0.2, 0) is 0 Å². The minimum absolute atomic E-state index is 0.219. The van der Waals surface area contributed by atoms with Crippen LogP contribution in [0.25, 0.3) is 0 Å². The van der Waals surface area contributed by atoms with Gasteiger partial charge in [0.2, 0.25) is 0 Å². The molecular formula is C12H12N4O. The van der Waals surface area contributed by atoms with Crippen molar-refractivity contribution in [3.63, 3.8) is 0 Å². The number of nitrogen functional groups attached to an aromatic ring is 1. The van der Waals surface area contributed by atoms with Gasteiger partial charge in [0.15, 0.2) is 0 Å². The molecule has 86 valence electrons. The van der Waals surface area contributed by atoms with Crippen LogP contribution in [0.1, 0.15) is 15.9 Å². The fourth-order valence-corrected chi connectivity index (χ4v) is 1.41. The number of nitrogens with zero attached hydrogens (tertiary/aromatic N) is 2. The topological polar surface area (TPSA) is 80.9 Å². The summed E-state index contributed by atoms with van der Waals surface area (Å²) in [6.07, 6.45) is 4.85. The van der Waals surface area contributed by atoms with Crippen molar-refractivity contribution in [2.75, 3.05) is 11.1 Å². The molecule has 0 aliphatic heterocycles. The largest absolute Gasteiger partial charge is 0.383 e. The minimum Gasteiger partial charge on any atom is -0.383 e. The summed E-state index contributed by atoms with van der Waals surface area (Å²) in [6, 6.07) is 5.04. The second-order valence-corrected chi connectivity index (χ2v) is 3.58. The molecule has 0 aliphatic rings. The molecule has 17 heavy (non-hydrogen) atoms. The van der Waals surface area contributed by atoms with E-state index >= 15 is 0 Å². The highest BCUT2D eigenvalue weighted by Gasteiger charge is 2.10. The molecule has 0 aliphatic carbocycles. The first kappa shape index (κ1) is 11.1. The van der Waals surface area contributed by atoms with Crippen LogP contribution in [0.15, 0.2) is 36.8 Å². The zero-order valence-electron chi connectivity index (χ0n) is 9.34. The fraction of sp³-hybridized carbons (Fsp3) is 0.0833. The van der Waals surface area contributed by atoms with Crippen LogP contribution in [-0.4, -0.2) is 15.9 Å². The van der Waals surface area contributed by atoms with Crippen molar-refractivity contribution in [2.45, 2.75) is 6.92 Å². The van der Waals surface area contributed by atoms with Crippen LogP contribution >= 0.6 is 0 Å². The zero-order chi connectivity index (χ0) is 12.3. The first-order chi connectivity index (χ1) is 8.18. The van der Waals surface area contributed by atoms with Gasteiger partial charge in [-0.2, -0.15) is 0 Å². The van der Waals surface area contributed by atoms with E-state index in [4.69, 9.17) is 5.73 Å². The van der Waals surface area contributed by atoms with Crippen molar-refractivity contribution in [2.24, 2.45) is 0 Å². The predicted molar refractivity (Wildman–Crippen MR) is 65.6 cm³/mol. The number of nitrogens with one attached hydrogen (secondary N) is 1. The lowest BCUT2D eigenvalue weighted by Gasteiger charge is -2.08. The molecule has 0 fully saturated rings. The quantitative estimate of drug-likeness (QED) is 0.818. The number of nitrogens with two attached hydrogens (primary N) is 1. The fourth-order valence-electron chi connectivity index (χ4n) is 1.41. The van der Waals surface area contributed by atoms with Crippen molar-refractivity contribution in [1.29, 1.82) is 0 Å². The van der Waals surface area contributed by atoms with Gasteiger partial charge in [-0.05, 0) is 30.7 Å². The summed E-state index contributed by atoms with van der Waals surface area (Å²) >= 11 is 0. The molecule has 2 heterocycles. The van der Waals surface area contributed by atoms with Crippen molar-refractivity contribution >= 4 is 17.4 Å². The van der Waals surface area contributed by atoms with Crippen LogP contribution in [0.4, 0.5) is 11.5 Å². The maximum atomic E-state index is 11.9. The van der Waals surface area contributed by atoms with Crippen molar-refractivity contribution < 1.29 is 4.79 Å². The normalized spacial score (nSPS) is 9.94. The Labute approximate surface area is 98.7 Å². The maximum absolute atomic E-state index is 11.9. The molecule has 0 bridgehead atoms. The van der Waals surface area contributed by atoms with Crippen molar-refractivity contribution in [3.8, 4) is 0 Å². The van der Waals surface area contributed by atoms with E-state index in [0.29, 0.717) is 11.3 Å². The Balaban J connectivity index is 2.24. The first-order valence-corrected chi connectivity index (χ1v) is 5.11. The molecule has 0 aromatic carbocycles.